The van der Waals surface area contributed by atoms with Crippen LogP contribution in [0.3, 0.4) is 0 Å². The monoisotopic (exact) mass is 322 g/mol. The molecule has 3 rings (SSSR count). The van der Waals surface area contributed by atoms with Crippen molar-refractivity contribution in [3.05, 3.63) is 95.6 Å². The maximum atomic E-state index is 12.9. The number of ether oxygens (including phenoxy) is 1. The molecule has 0 saturated carbocycles. The Labute approximate surface area is 141 Å². The molecule has 0 radical (unpaired) electrons. The summed E-state index contributed by atoms with van der Waals surface area (Å²) in [4.78, 5) is 4.28. The van der Waals surface area contributed by atoms with Crippen LogP contribution in [0.25, 0.3) is 0 Å². The zero-order chi connectivity index (χ0) is 16.6. The smallest absolute Gasteiger partial charge is 0.123 e. The summed E-state index contributed by atoms with van der Waals surface area (Å²) in [6.45, 7) is 1.89. The highest BCUT2D eigenvalue weighted by molar-refractivity contribution is 5.29. The molecule has 1 N–H and O–H groups in total. The van der Waals surface area contributed by atoms with Gasteiger partial charge in [-0.3, -0.25) is 4.98 Å². The minimum absolute atomic E-state index is 0.236. The van der Waals surface area contributed by atoms with E-state index in [1.807, 2.05) is 36.4 Å². The maximum absolute atomic E-state index is 12.9. The van der Waals surface area contributed by atoms with Crippen molar-refractivity contribution in [3.8, 4) is 5.75 Å². The van der Waals surface area contributed by atoms with Crippen molar-refractivity contribution in [2.24, 2.45) is 0 Å². The largest absolute Gasteiger partial charge is 0.489 e. The first kappa shape index (κ1) is 16.1. The topological polar surface area (TPSA) is 34.1 Å². The molecule has 4 heteroatoms. The van der Waals surface area contributed by atoms with E-state index in [0.29, 0.717) is 6.61 Å². The van der Waals surface area contributed by atoms with Gasteiger partial charge in [0.1, 0.15) is 18.2 Å². The maximum Gasteiger partial charge on any atom is 0.123 e. The molecule has 2 aromatic carbocycles. The van der Waals surface area contributed by atoms with Crippen LogP contribution >= 0.6 is 0 Å². The molecule has 122 valence electrons. The van der Waals surface area contributed by atoms with Gasteiger partial charge in [-0.25, -0.2) is 4.39 Å². The molecular formula is C20H19FN2O. The lowest BCUT2D eigenvalue weighted by molar-refractivity contribution is 0.305. The quantitative estimate of drug-likeness (QED) is 0.711. The second kappa shape index (κ2) is 8.22. The van der Waals surface area contributed by atoms with E-state index in [-0.39, 0.29) is 5.82 Å². The number of benzene rings is 2. The highest BCUT2D eigenvalue weighted by Crippen LogP contribution is 2.15. The molecule has 0 unspecified atom stereocenters. The van der Waals surface area contributed by atoms with Gasteiger partial charge in [0.2, 0.25) is 0 Å². The summed E-state index contributed by atoms with van der Waals surface area (Å²) in [5, 5.41) is 3.37. The van der Waals surface area contributed by atoms with Crippen molar-refractivity contribution < 1.29 is 9.13 Å². The standard InChI is InChI=1S/C20H19FN2O/c21-18-9-7-16(8-10-18)15-24-20-6-3-4-17(12-20)13-22-14-19-5-1-2-11-23-19/h1-12,22H,13-15H2. The van der Waals surface area contributed by atoms with Crippen LogP contribution < -0.4 is 10.1 Å². The number of pyridine rings is 1. The molecule has 1 aromatic heterocycles. The van der Waals surface area contributed by atoms with Crippen LogP contribution in [0.4, 0.5) is 4.39 Å². The van der Waals surface area contributed by atoms with Gasteiger partial charge in [-0.15, -0.1) is 0 Å². The van der Waals surface area contributed by atoms with Crippen molar-refractivity contribution in [1.29, 1.82) is 0 Å². The van der Waals surface area contributed by atoms with E-state index < -0.39 is 0 Å². The first-order valence-electron chi connectivity index (χ1n) is 7.86. The van der Waals surface area contributed by atoms with Gasteiger partial charge < -0.3 is 10.1 Å². The molecule has 0 amide bonds. The second-order valence-electron chi connectivity index (χ2n) is 5.49. The van der Waals surface area contributed by atoms with Crippen LogP contribution in [0.1, 0.15) is 16.8 Å². The van der Waals surface area contributed by atoms with Gasteiger partial charge in [0.15, 0.2) is 0 Å². The molecule has 0 fully saturated rings. The summed E-state index contributed by atoms with van der Waals surface area (Å²) in [5.41, 5.74) is 3.10. The number of nitrogens with one attached hydrogen (secondary N) is 1. The van der Waals surface area contributed by atoms with Crippen LogP contribution in [0.2, 0.25) is 0 Å². The molecule has 0 saturated heterocycles. The molecule has 0 atom stereocenters. The zero-order valence-electron chi connectivity index (χ0n) is 13.3. The number of aromatic nitrogens is 1. The van der Waals surface area contributed by atoms with Crippen molar-refractivity contribution in [2.75, 3.05) is 0 Å². The summed E-state index contributed by atoms with van der Waals surface area (Å²) in [6, 6.07) is 20.2. The minimum Gasteiger partial charge on any atom is -0.489 e. The van der Waals surface area contributed by atoms with Gasteiger partial charge >= 0.3 is 0 Å². The fourth-order valence-electron chi connectivity index (χ4n) is 2.33. The van der Waals surface area contributed by atoms with Gasteiger partial charge in [0.05, 0.1) is 5.69 Å². The Morgan fingerprint density at radius 2 is 1.75 bits per heavy atom. The van der Waals surface area contributed by atoms with Crippen LogP contribution in [0.15, 0.2) is 72.9 Å². The van der Waals surface area contributed by atoms with Crippen molar-refractivity contribution in [2.45, 2.75) is 19.7 Å². The van der Waals surface area contributed by atoms with E-state index in [4.69, 9.17) is 4.74 Å². The number of hydrogen-bond donors (Lipinski definition) is 1. The van der Waals surface area contributed by atoms with Crippen molar-refractivity contribution >= 4 is 0 Å². The van der Waals surface area contributed by atoms with E-state index >= 15 is 0 Å². The third kappa shape index (κ3) is 4.89. The minimum atomic E-state index is -0.236. The summed E-state index contributed by atoms with van der Waals surface area (Å²) < 4.78 is 18.7. The normalized spacial score (nSPS) is 10.5. The fourth-order valence-corrected chi connectivity index (χ4v) is 2.33. The van der Waals surface area contributed by atoms with E-state index in [0.717, 1.165) is 35.7 Å². The van der Waals surface area contributed by atoms with Crippen LogP contribution in [0, 0.1) is 5.82 Å². The molecule has 0 aliphatic rings. The Hall–Kier alpha value is -2.72. The predicted octanol–water partition coefficient (Wildman–Crippen LogP) is 4.09. The van der Waals surface area contributed by atoms with Crippen molar-refractivity contribution in [3.63, 3.8) is 0 Å². The number of nitrogens with zero attached hydrogens (tertiary/aromatic N) is 1. The van der Waals surface area contributed by atoms with Gasteiger partial charge in [0.25, 0.3) is 0 Å². The summed E-state index contributed by atoms with van der Waals surface area (Å²) in [7, 11) is 0. The predicted molar refractivity (Wildman–Crippen MR) is 92.0 cm³/mol. The lowest BCUT2D eigenvalue weighted by atomic mass is 10.2. The molecule has 3 aromatic rings. The summed E-state index contributed by atoms with van der Waals surface area (Å²) >= 11 is 0. The zero-order valence-corrected chi connectivity index (χ0v) is 13.3. The summed E-state index contributed by atoms with van der Waals surface area (Å²) in [6.07, 6.45) is 1.79. The number of halogens is 1. The first-order chi connectivity index (χ1) is 11.8. The Morgan fingerprint density at radius 3 is 2.54 bits per heavy atom. The number of rotatable bonds is 7. The number of hydrogen-bond acceptors (Lipinski definition) is 3. The average molecular weight is 322 g/mol. The van der Waals surface area contributed by atoms with Gasteiger partial charge in [-0.2, -0.15) is 0 Å². The molecule has 24 heavy (non-hydrogen) atoms. The van der Waals surface area contributed by atoms with Crippen molar-refractivity contribution in [1.82, 2.24) is 10.3 Å². The van der Waals surface area contributed by atoms with E-state index in [1.54, 1.807) is 18.3 Å². The Bertz CT molecular complexity index is 760. The molecule has 1 heterocycles. The third-order valence-electron chi connectivity index (χ3n) is 3.58. The Morgan fingerprint density at radius 1 is 0.875 bits per heavy atom. The molecular weight excluding hydrogens is 303 g/mol. The van der Waals surface area contributed by atoms with E-state index in [1.165, 1.54) is 12.1 Å². The van der Waals surface area contributed by atoms with Gasteiger partial charge in [0, 0.05) is 19.3 Å². The highest BCUT2D eigenvalue weighted by atomic mass is 19.1. The molecule has 0 bridgehead atoms. The third-order valence-corrected chi connectivity index (χ3v) is 3.58. The van der Waals surface area contributed by atoms with E-state index in [2.05, 4.69) is 16.4 Å². The average Bonchev–Trinajstić information content (AvgIpc) is 2.63. The Balaban J connectivity index is 1.51. The molecule has 3 nitrogen and oxygen atoms in total. The lowest BCUT2D eigenvalue weighted by Gasteiger charge is -2.09. The fraction of sp³-hybridized carbons (Fsp3) is 0.150. The van der Waals surface area contributed by atoms with Crippen LogP contribution in [0.5, 0.6) is 5.75 Å². The molecule has 0 spiro atoms. The Kier molecular flexibility index (Phi) is 5.53. The highest BCUT2D eigenvalue weighted by Gasteiger charge is 2.00. The van der Waals surface area contributed by atoms with E-state index in [9.17, 15) is 4.39 Å². The first-order valence-corrected chi connectivity index (χ1v) is 7.86. The van der Waals surface area contributed by atoms with Gasteiger partial charge in [-0.05, 0) is 47.5 Å². The second-order valence-corrected chi connectivity index (χ2v) is 5.49. The lowest BCUT2D eigenvalue weighted by Crippen LogP contribution is -2.13. The summed E-state index contributed by atoms with van der Waals surface area (Å²) in [5.74, 6) is 0.566. The van der Waals surface area contributed by atoms with Gasteiger partial charge in [-0.1, -0.05) is 30.3 Å². The molecule has 0 aliphatic heterocycles. The van der Waals surface area contributed by atoms with Crippen LogP contribution in [-0.4, -0.2) is 4.98 Å². The molecule has 0 aliphatic carbocycles. The SMILES string of the molecule is Fc1ccc(COc2cccc(CNCc3ccccn3)c2)cc1. The van der Waals surface area contributed by atoms with Crippen LogP contribution in [-0.2, 0) is 19.7 Å².